The maximum Gasteiger partial charge on any atom is 0.128 e. The molecular formula is C13H19N3. The van der Waals surface area contributed by atoms with Crippen LogP contribution in [0.2, 0.25) is 0 Å². The SMILES string of the molecule is CNC1(c2ccc(N3CCCC3)nc2)CC1. The molecule has 2 aliphatic rings. The predicted octanol–water partition coefficient (Wildman–Crippen LogP) is 1.89. The van der Waals surface area contributed by atoms with E-state index in [0.717, 1.165) is 5.82 Å². The smallest absolute Gasteiger partial charge is 0.128 e. The third-order valence-electron chi connectivity index (χ3n) is 3.96. The molecule has 0 amide bonds. The number of rotatable bonds is 3. The van der Waals surface area contributed by atoms with Crippen LogP contribution >= 0.6 is 0 Å². The first-order valence-electron chi connectivity index (χ1n) is 6.24. The maximum atomic E-state index is 4.60. The van der Waals surface area contributed by atoms with Gasteiger partial charge in [0.1, 0.15) is 5.82 Å². The highest BCUT2D eigenvalue weighted by molar-refractivity contribution is 5.42. The minimum absolute atomic E-state index is 0.247. The quantitative estimate of drug-likeness (QED) is 0.838. The lowest BCUT2D eigenvalue weighted by Crippen LogP contribution is -2.25. The summed E-state index contributed by atoms with van der Waals surface area (Å²) in [5.74, 6) is 1.15. The van der Waals surface area contributed by atoms with Crippen LogP contribution in [0.3, 0.4) is 0 Å². The molecule has 1 aromatic heterocycles. The summed E-state index contributed by atoms with van der Waals surface area (Å²) in [6.07, 6.45) is 7.16. The van der Waals surface area contributed by atoms with Gasteiger partial charge in [-0.25, -0.2) is 4.98 Å². The van der Waals surface area contributed by atoms with E-state index in [9.17, 15) is 0 Å². The van der Waals surface area contributed by atoms with Crippen molar-refractivity contribution in [3.63, 3.8) is 0 Å². The molecule has 3 nitrogen and oxygen atoms in total. The number of pyridine rings is 1. The van der Waals surface area contributed by atoms with Crippen LogP contribution in [0.1, 0.15) is 31.2 Å². The normalized spacial score (nSPS) is 22.4. The zero-order valence-corrected chi connectivity index (χ0v) is 9.87. The molecule has 0 unspecified atom stereocenters. The highest BCUT2D eigenvalue weighted by Gasteiger charge is 2.42. The second-order valence-corrected chi connectivity index (χ2v) is 4.93. The number of nitrogens with one attached hydrogen (secondary N) is 1. The minimum Gasteiger partial charge on any atom is -0.357 e. The van der Waals surface area contributed by atoms with E-state index < -0.39 is 0 Å². The molecule has 3 heteroatoms. The van der Waals surface area contributed by atoms with Gasteiger partial charge >= 0.3 is 0 Å². The second kappa shape index (κ2) is 3.74. The number of hydrogen-bond donors (Lipinski definition) is 1. The van der Waals surface area contributed by atoms with Gasteiger partial charge in [0.05, 0.1) is 0 Å². The third kappa shape index (κ3) is 1.59. The van der Waals surface area contributed by atoms with Crippen molar-refractivity contribution >= 4 is 5.82 Å². The fourth-order valence-electron chi connectivity index (χ4n) is 2.61. The number of nitrogens with zero attached hydrogens (tertiary/aromatic N) is 2. The Hall–Kier alpha value is -1.09. The summed E-state index contributed by atoms with van der Waals surface area (Å²) in [5.41, 5.74) is 1.59. The van der Waals surface area contributed by atoms with Crippen LogP contribution < -0.4 is 10.2 Å². The van der Waals surface area contributed by atoms with E-state index in [4.69, 9.17) is 0 Å². The fraction of sp³-hybridized carbons (Fsp3) is 0.615. The Bertz CT molecular complexity index is 361. The topological polar surface area (TPSA) is 28.2 Å². The molecule has 3 rings (SSSR count). The van der Waals surface area contributed by atoms with E-state index in [0.29, 0.717) is 0 Å². The Kier molecular flexibility index (Phi) is 2.36. The van der Waals surface area contributed by atoms with E-state index in [-0.39, 0.29) is 5.54 Å². The van der Waals surface area contributed by atoms with Gasteiger partial charge in [0, 0.05) is 24.8 Å². The zero-order chi connectivity index (χ0) is 11.0. The summed E-state index contributed by atoms with van der Waals surface area (Å²) >= 11 is 0. The van der Waals surface area contributed by atoms with Crippen molar-refractivity contribution in [3.8, 4) is 0 Å². The van der Waals surface area contributed by atoms with Gasteiger partial charge in [-0.3, -0.25) is 0 Å². The van der Waals surface area contributed by atoms with Gasteiger partial charge in [-0.15, -0.1) is 0 Å². The Morgan fingerprint density at radius 1 is 1.25 bits per heavy atom. The van der Waals surface area contributed by atoms with Crippen LogP contribution in [-0.2, 0) is 5.54 Å². The van der Waals surface area contributed by atoms with Gasteiger partial charge in [0.15, 0.2) is 0 Å². The molecule has 1 aliphatic carbocycles. The average Bonchev–Trinajstić information content (AvgIpc) is 2.96. The van der Waals surface area contributed by atoms with Crippen LogP contribution in [0.5, 0.6) is 0 Å². The number of anilines is 1. The molecule has 1 aromatic rings. The highest BCUT2D eigenvalue weighted by atomic mass is 15.2. The van der Waals surface area contributed by atoms with Crippen molar-refractivity contribution in [1.29, 1.82) is 0 Å². The largest absolute Gasteiger partial charge is 0.357 e. The molecular weight excluding hydrogens is 198 g/mol. The Morgan fingerprint density at radius 2 is 2.00 bits per heavy atom. The first-order chi connectivity index (χ1) is 7.84. The summed E-state index contributed by atoms with van der Waals surface area (Å²) in [6.45, 7) is 2.34. The third-order valence-corrected chi connectivity index (χ3v) is 3.96. The lowest BCUT2D eigenvalue weighted by molar-refractivity contribution is 0.583. The standard InChI is InChI=1S/C13H19N3/c1-14-13(6-7-13)11-4-5-12(15-10-11)16-8-2-3-9-16/h4-5,10,14H,2-3,6-9H2,1H3. The average molecular weight is 217 g/mol. The first-order valence-corrected chi connectivity index (χ1v) is 6.24. The lowest BCUT2D eigenvalue weighted by atomic mass is 10.1. The van der Waals surface area contributed by atoms with Crippen molar-refractivity contribution in [3.05, 3.63) is 23.9 Å². The van der Waals surface area contributed by atoms with E-state index in [1.54, 1.807) is 0 Å². The van der Waals surface area contributed by atoms with Crippen molar-refractivity contribution in [2.45, 2.75) is 31.2 Å². The maximum absolute atomic E-state index is 4.60. The van der Waals surface area contributed by atoms with Crippen LogP contribution in [-0.4, -0.2) is 25.1 Å². The Balaban J connectivity index is 1.79. The van der Waals surface area contributed by atoms with Gasteiger partial charge in [-0.05, 0) is 44.4 Å². The molecule has 16 heavy (non-hydrogen) atoms. The number of hydrogen-bond acceptors (Lipinski definition) is 3. The molecule has 1 saturated carbocycles. The molecule has 1 N–H and O–H groups in total. The van der Waals surface area contributed by atoms with Gasteiger partial charge in [0.25, 0.3) is 0 Å². The van der Waals surface area contributed by atoms with Crippen molar-refractivity contribution in [1.82, 2.24) is 10.3 Å². The van der Waals surface area contributed by atoms with Crippen LogP contribution in [0.25, 0.3) is 0 Å². The highest BCUT2D eigenvalue weighted by Crippen LogP contribution is 2.44. The Morgan fingerprint density at radius 3 is 2.50 bits per heavy atom. The van der Waals surface area contributed by atoms with Gasteiger partial charge in [-0.1, -0.05) is 6.07 Å². The summed E-state index contributed by atoms with van der Waals surface area (Å²) in [5, 5.41) is 3.40. The van der Waals surface area contributed by atoms with Crippen molar-refractivity contribution in [2.24, 2.45) is 0 Å². The first kappa shape index (κ1) is 10.1. The molecule has 86 valence electrons. The monoisotopic (exact) mass is 217 g/mol. The summed E-state index contributed by atoms with van der Waals surface area (Å²) in [4.78, 5) is 6.98. The van der Waals surface area contributed by atoms with E-state index in [2.05, 4.69) is 33.5 Å². The predicted molar refractivity (Wildman–Crippen MR) is 65.7 cm³/mol. The molecule has 0 bridgehead atoms. The van der Waals surface area contributed by atoms with E-state index >= 15 is 0 Å². The molecule has 0 spiro atoms. The lowest BCUT2D eigenvalue weighted by Gasteiger charge is -2.18. The molecule has 2 heterocycles. The molecule has 0 radical (unpaired) electrons. The molecule has 1 saturated heterocycles. The zero-order valence-electron chi connectivity index (χ0n) is 9.87. The van der Waals surface area contributed by atoms with Crippen molar-refractivity contribution < 1.29 is 0 Å². The minimum atomic E-state index is 0.247. The second-order valence-electron chi connectivity index (χ2n) is 4.93. The van der Waals surface area contributed by atoms with E-state index in [1.807, 2.05) is 7.05 Å². The number of aromatic nitrogens is 1. The van der Waals surface area contributed by atoms with Gasteiger partial charge < -0.3 is 10.2 Å². The van der Waals surface area contributed by atoms with Crippen molar-refractivity contribution in [2.75, 3.05) is 25.0 Å². The molecule has 0 atom stereocenters. The summed E-state index contributed by atoms with van der Waals surface area (Å²) in [6, 6.07) is 4.42. The van der Waals surface area contributed by atoms with Gasteiger partial charge in [0.2, 0.25) is 0 Å². The molecule has 1 aliphatic heterocycles. The molecule has 0 aromatic carbocycles. The van der Waals surface area contributed by atoms with Crippen LogP contribution in [0.15, 0.2) is 18.3 Å². The summed E-state index contributed by atoms with van der Waals surface area (Å²) < 4.78 is 0. The van der Waals surface area contributed by atoms with Crippen LogP contribution in [0, 0.1) is 0 Å². The Labute approximate surface area is 96.9 Å². The fourth-order valence-corrected chi connectivity index (χ4v) is 2.61. The molecule has 2 fully saturated rings. The van der Waals surface area contributed by atoms with E-state index in [1.165, 1.54) is 44.3 Å². The van der Waals surface area contributed by atoms with Crippen LogP contribution in [0.4, 0.5) is 5.82 Å². The summed E-state index contributed by atoms with van der Waals surface area (Å²) in [7, 11) is 2.04. The van der Waals surface area contributed by atoms with Gasteiger partial charge in [-0.2, -0.15) is 0 Å².